The average Bonchev–Trinajstić information content (AvgIpc) is 3.01. The van der Waals surface area contributed by atoms with Crippen LogP contribution in [-0.4, -0.2) is 29.9 Å². The molecule has 1 aliphatic rings. The van der Waals surface area contributed by atoms with Gasteiger partial charge in [-0.3, -0.25) is 14.6 Å². The smallest absolute Gasteiger partial charge is 0.270 e. The van der Waals surface area contributed by atoms with Crippen LogP contribution < -0.4 is 15.4 Å². The molecule has 1 aromatic heterocycles. The third kappa shape index (κ3) is 5.55. The van der Waals surface area contributed by atoms with Gasteiger partial charge >= 0.3 is 0 Å². The highest BCUT2D eigenvalue weighted by atomic mass is 16.5. The molecule has 3 rings (SSSR count). The molecule has 1 fully saturated rings. The lowest BCUT2D eigenvalue weighted by Gasteiger charge is -2.16. The van der Waals surface area contributed by atoms with Crippen LogP contribution in [0.2, 0.25) is 0 Å². The third-order valence-electron chi connectivity index (χ3n) is 5.06. The van der Waals surface area contributed by atoms with Crippen molar-refractivity contribution in [3.8, 4) is 5.75 Å². The van der Waals surface area contributed by atoms with Crippen LogP contribution in [0.5, 0.6) is 5.75 Å². The zero-order valence-electron chi connectivity index (χ0n) is 16.2. The molecular weight excluding hydrogens is 354 g/mol. The van der Waals surface area contributed by atoms with Gasteiger partial charge in [-0.2, -0.15) is 0 Å². The Labute approximate surface area is 165 Å². The summed E-state index contributed by atoms with van der Waals surface area (Å²) in [5.74, 6) is 0.322. The summed E-state index contributed by atoms with van der Waals surface area (Å²) in [6, 6.07) is 10.9. The predicted octanol–water partition coefficient (Wildman–Crippen LogP) is 3.47. The van der Waals surface area contributed by atoms with Crippen molar-refractivity contribution in [2.45, 2.75) is 51.1 Å². The van der Waals surface area contributed by atoms with Crippen LogP contribution in [0.1, 0.15) is 64.9 Å². The van der Waals surface area contributed by atoms with Gasteiger partial charge in [-0.25, -0.2) is 0 Å². The molecule has 0 atom stereocenters. The molecule has 1 saturated carbocycles. The summed E-state index contributed by atoms with van der Waals surface area (Å²) in [5.41, 5.74) is 1.66. The number of nitrogens with zero attached hydrogens (tertiary/aromatic N) is 1. The van der Waals surface area contributed by atoms with Crippen molar-refractivity contribution in [3.63, 3.8) is 0 Å². The SMILES string of the molecule is COc1ccc(CNC(=O)c2cc(C(=O)NC3CCCCCC3)ccn2)cc1. The normalized spacial score (nSPS) is 14.8. The molecule has 2 amide bonds. The van der Waals surface area contributed by atoms with E-state index >= 15 is 0 Å². The Morgan fingerprint density at radius 3 is 2.43 bits per heavy atom. The fourth-order valence-corrected chi connectivity index (χ4v) is 3.40. The maximum atomic E-state index is 12.6. The molecule has 0 spiro atoms. The fourth-order valence-electron chi connectivity index (χ4n) is 3.40. The van der Waals surface area contributed by atoms with Crippen LogP contribution in [0.15, 0.2) is 42.6 Å². The molecule has 1 aromatic carbocycles. The molecule has 0 saturated heterocycles. The van der Waals surface area contributed by atoms with Gasteiger partial charge in [0.15, 0.2) is 0 Å². The standard InChI is InChI=1S/C22H27N3O3/c1-28-19-10-8-16(9-11-19)15-24-22(27)20-14-17(12-13-23-20)21(26)25-18-6-4-2-3-5-7-18/h8-14,18H,2-7,15H2,1H3,(H,24,27)(H,25,26). The number of carbonyl (C=O) groups is 2. The van der Waals surface area contributed by atoms with Crippen molar-refractivity contribution in [3.05, 3.63) is 59.4 Å². The zero-order valence-corrected chi connectivity index (χ0v) is 16.2. The van der Waals surface area contributed by atoms with E-state index < -0.39 is 0 Å². The number of methoxy groups -OCH3 is 1. The topological polar surface area (TPSA) is 80.3 Å². The molecule has 1 aliphatic carbocycles. The zero-order chi connectivity index (χ0) is 19.8. The summed E-state index contributed by atoms with van der Waals surface area (Å²) in [5, 5.41) is 5.93. The lowest BCUT2D eigenvalue weighted by molar-refractivity contribution is 0.0933. The van der Waals surface area contributed by atoms with E-state index in [0.717, 1.165) is 37.0 Å². The van der Waals surface area contributed by atoms with E-state index in [4.69, 9.17) is 4.74 Å². The molecule has 6 nitrogen and oxygen atoms in total. The molecule has 28 heavy (non-hydrogen) atoms. The van der Waals surface area contributed by atoms with Gasteiger partial charge in [0.2, 0.25) is 0 Å². The number of benzene rings is 1. The van der Waals surface area contributed by atoms with E-state index in [9.17, 15) is 9.59 Å². The van der Waals surface area contributed by atoms with Gasteiger partial charge in [0.25, 0.3) is 11.8 Å². The van der Waals surface area contributed by atoms with Gasteiger partial charge in [-0.05, 0) is 42.7 Å². The molecule has 148 valence electrons. The first-order valence-electron chi connectivity index (χ1n) is 9.84. The number of hydrogen-bond donors (Lipinski definition) is 2. The van der Waals surface area contributed by atoms with Gasteiger partial charge in [0.1, 0.15) is 11.4 Å². The minimum absolute atomic E-state index is 0.140. The van der Waals surface area contributed by atoms with E-state index in [1.807, 2.05) is 24.3 Å². The Morgan fingerprint density at radius 2 is 1.75 bits per heavy atom. The van der Waals surface area contributed by atoms with E-state index in [1.54, 1.807) is 19.2 Å². The Morgan fingerprint density at radius 1 is 1.04 bits per heavy atom. The minimum atomic E-state index is -0.306. The maximum Gasteiger partial charge on any atom is 0.270 e. The second-order valence-corrected chi connectivity index (χ2v) is 7.12. The number of rotatable bonds is 6. The summed E-state index contributed by atoms with van der Waals surface area (Å²) in [7, 11) is 1.61. The van der Waals surface area contributed by atoms with Crippen LogP contribution >= 0.6 is 0 Å². The average molecular weight is 381 g/mol. The van der Waals surface area contributed by atoms with Crippen LogP contribution in [-0.2, 0) is 6.54 Å². The number of aromatic nitrogens is 1. The van der Waals surface area contributed by atoms with Crippen molar-refractivity contribution in [2.75, 3.05) is 7.11 Å². The quantitative estimate of drug-likeness (QED) is 0.751. The Balaban J connectivity index is 1.57. The summed E-state index contributed by atoms with van der Waals surface area (Å²) >= 11 is 0. The van der Waals surface area contributed by atoms with Crippen LogP contribution in [0.3, 0.4) is 0 Å². The number of pyridine rings is 1. The molecule has 0 unspecified atom stereocenters. The molecule has 6 heteroatoms. The molecular formula is C22H27N3O3. The lowest BCUT2D eigenvalue weighted by Crippen LogP contribution is -2.34. The van der Waals surface area contributed by atoms with Gasteiger partial charge in [0, 0.05) is 24.3 Å². The summed E-state index contributed by atoms with van der Waals surface area (Å²) in [4.78, 5) is 29.1. The number of carbonyl (C=O) groups excluding carboxylic acids is 2. The molecule has 2 aromatic rings. The first kappa shape index (κ1) is 19.9. The maximum absolute atomic E-state index is 12.6. The lowest BCUT2D eigenvalue weighted by atomic mass is 10.1. The largest absolute Gasteiger partial charge is 0.497 e. The highest BCUT2D eigenvalue weighted by Gasteiger charge is 2.17. The Kier molecular flexibility index (Phi) is 7.00. The van der Waals surface area contributed by atoms with Crippen molar-refractivity contribution < 1.29 is 14.3 Å². The molecule has 0 aliphatic heterocycles. The Hall–Kier alpha value is -2.89. The van der Waals surface area contributed by atoms with Gasteiger partial charge < -0.3 is 15.4 Å². The first-order chi connectivity index (χ1) is 13.7. The summed E-state index contributed by atoms with van der Waals surface area (Å²) in [6.07, 6.45) is 8.32. The number of nitrogens with one attached hydrogen (secondary N) is 2. The molecule has 1 heterocycles. The number of ether oxygens (including phenoxy) is 1. The van der Waals surface area contributed by atoms with Crippen molar-refractivity contribution in [2.24, 2.45) is 0 Å². The van der Waals surface area contributed by atoms with E-state index in [1.165, 1.54) is 19.0 Å². The van der Waals surface area contributed by atoms with Crippen LogP contribution in [0, 0.1) is 0 Å². The highest BCUT2D eigenvalue weighted by Crippen LogP contribution is 2.18. The van der Waals surface area contributed by atoms with E-state index in [2.05, 4.69) is 15.6 Å². The molecule has 0 radical (unpaired) electrons. The molecule has 0 bridgehead atoms. The second-order valence-electron chi connectivity index (χ2n) is 7.12. The van der Waals surface area contributed by atoms with Gasteiger partial charge in [-0.15, -0.1) is 0 Å². The number of amides is 2. The summed E-state index contributed by atoms with van der Waals surface area (Å²) in [6.45, 7) is 0.378. The second kappa shape index (κ2) is 9.88. The summed E-state index contributed by atoms with van der Waals surface area (Å²) < 4.78 is 5.13. The van der Waals surface area contributed by atoms with Crippen molar-refractivity contribution in [1.29, 1.82) is 0 Å². The van der Waals surface area contributed by atoms with Crippen molar-refractivity contribution in [1.82, 2.24) is 15.6 Å². The van der Waals surface area contributed by atoms with Gasteiger partial charge in [0.05, 0.1) is 7.11 Å². The highest BCUT2D eigenvalue weighted by molar-refractivity contribution is 5.98. The predicted molar refractivity (Wildman–Crippen MR) is 107 cm³/mol. The first-order valence-corrected chi connectivity index (χ1v) is 9.84. The Bertz CT molecular complexity index is 797. The van der Waals surface area contributed by atoms with E-state index in [-0.39, 0.29) is 23.6 Å². The number of hydrogen-bond acceptors (Lipinski definition) is 4. The third-order valence-corrected chi connectivity index (χ3v) is 5.06. The van der Waals surface area contributed by atoms with Crippen LogP contribution in [0.25, 0.3) is 0 Å². The van der Waals surface area contributed by atoms with E-state index in [0.29, 0.717) is 12.1 Å². The van der Waals surface area contributed by atoms with Crippen LogP contribution in [0.4, 0.5) is 0 Å². The fraction of sp³-hybridized carbons (Fsp3) is 0.409. The van der Waals surface area contributed by atoms with Gasteiger partial charge in [-0.1, -0.05) is 37.8 Å². The minimum Gasteiger partial charge on any atom is -0.497 e. The monoisotopic (exact) mass is 381 g/mol. The van der Waals surface area contributed by atoms with Crippen molar-refractivity contribution >= 4 is 11.8 Å². The molecule has 2 N–H and O–H groups in total.